The molecular formula is C13H8F4N2O4S. The topological polar surface area (TPSA) is 92.5 Å². The number of anilines is 1. The first-order valence-electron chi connectivity index (χ1n) is 6.12. The molecule has 0 saturated carbocycles. The van der Waals surface area contributed by atoms with Crippen molar-refractivity contribution in [2.24, 2.45) is 0 Å². The Morgan fingerprint density at radius 1 is 1.12 bits per heavy atom. The predicted octanol–water partition coefficient (Wildman–Crippen LogP) is 3.97. The molecule has 0 bridgehead atoms. The number of benzene rings is 2. The molecule has 2 rings (SSSR count). The fourth-order valence-electron chi connectivity index (χ4n) is 1.97. The van der Waals surface area contributed by atoms with Gasteiger partial charge in [0.25, 0.3) is 17.0 Å². The molecule has 0 fully saturated rings. The lowest BCUT2D eigenvalue weighted by atomic mass is 10.0. The molecule has 0 radical (unpaired) electrons. The van der Waals surface area contributed by atoms with Gasteiger partial charge in [-0.05, 0) is 29.3 Å². The molecule has 2 N–H and O–H groups in total. The Labute approximate surface area is 134 Å². The number of hydrogen-bond donors (Lipinski definition) is 2. The van der Waals surface area contributed by atoms with E-state index in [9.17, 15) is 31.9 Å². The SMILES string of the molecule is O=[N+]([O-])c1cc(-c2ccc(NS(=O)O)c(F)c2)ccc1C(F)(F)F. The fourth-order valence-corrected chi connectivity index (χ4v) is 2.33. The zero-order valence-corrected chi connectivity index (χ0v) is 12.3. The van der Waals surface area contributed by atoms with Gasteiger partial charge >= 0.3 is 6.18 Å². The van der Waals surface area contributed by atoms with Gasteiger partial charge < -0.3 is 0 Å². The van der Waals surface area contributed by atoms with E-state index in [0.29, 0.717) is 12.1 Å². The van der Waals surface area contributed by atoms with Gasteiger partial charge in [-0.3, -0.25) is 19.4 Å². The monoisotopic (exact) mass is 364 g/mol. The van der Waals surface area contributed by atoms with E-state index in [1.165, 1.54) is 6.07 Å². The number of nitrogens with zero attached hydrogens (tertiary/aromatic N) is 1. The minimum atomic E-state index is -4.90. The van der Waals surface area contributed by atoms with Crippen molar-refractivity contribution in [2.75, 3.05) is 4.72 Å². The highest BCUT2D eigenvalue weighted by Crippen LogP contribution is 2.38. The average Bonchev–Trinajstić information content (AvgIpc) is 2.47. The first-order chi connectivity index (χ1) is 11.1. The summed E-state index contributed by atoms with van der Waals surface area (Å²) in [6.45, 7) is 0. The van der Waals surface area contributed by atoms with Gasteiger partial charge in [0, 0.05) is 6.07 Å². The Balaban J connectivity index is 2.50. The van der Waals surface area contributed by atoms with Crippen LogP contribution in [0.3, 0.4) is 0 Å². The first-order valence-corrected chi connectivity index (χ1v) is 7.23. The number of halogens is 4. The van der Waals surface area contributed by atoms with Crippen molar-refractivity contribution in [3.63, 3.8) is 0 Å². The lowest BCUT2D eigenvalue weighted by molar-refractivity contribution is -0.388. The second-order valence-electron chi connectivity index (χ2n) is 4.53. The molecule has 6 nitrogen and oxygen atoms in total. The zero-order valence-electron chi connectivity index (χ0n) is 11.5. The van der Waals surface area contributed by atoms with Crippen molar-refractivity contribution in [3.05, 3.63) is 57.9 Å². The fraction of sp³-hybridized carbons (Fsp3) is 0.0769. The van der Waals surface area contributed by atoms with Crippen LogP contribution in [0.15, 0.2) is 36.4 Å². The summed E-state index contributed by atoms with van der Waals surface area (Å²) in [6.07, 6.45) is -4.90. The third-order valence-electron chi connectivity index (χ3n) is 3.00. The number of nitro benzene ring substituents is 1. The predicted molar refractivity (Wildman–Crippen MR) is 77.9 cm³/mol. The van der Waals surface area contributed by atoms with E-state index in [1.807, 2.05) is 4.72 Å². The molecule has 11 heteroatoms. The summed E-state index contributed by atoms with van der Waals surface area (Å²) in [4.78, 5) is 9.68. The maximum absolute atomic E-state index is 13.8. The third kappa shape index (κ3) is 3.86. The van der Waals surface area contributed by atoms with Gasteiger partial charge in [0.2, 0.25) is 0 Å². The first kappa shape index (κ1) is 17.8. The molecule has 24 heavy (non-hydrogen) atoms. The largest absolute Gasteiger partial charge is 0.422 e. The molecule has 0 heterocycles. The molecule has 128 valence electrons. The highest BCUT2D eigenvalue weighted by atomic mass is 32.2. The van der Waals surface area contributed by atoms with Crippen molar-refractivity contribution in [2.45, 2.75) is 6.18 Å². The van der Waals surface area contributed by atoms with Crippen LogP contribution in [-0.4, -0.2) is 13.7 Å². The van der Waals surface area contributed by atoms with Gasteiger partial charge in [-0.1, -0.05) is 12.1 Å². The number of nitro groups is 1. The minimum Gasteiger partial charge on any atom is -0.289 e. The van der Waals surface area contributed by atoms with Crippen LogP contribution >= 0.6 is 0 Å². The van der Waals surface area contributed by atoms with Crippen molar-refractivity contribution in [1.29, 1.82) is 0 Å². The summed E-state index contributed by atoms with van der Waals surface area (Å²) >= 11 is -2.51. The van der Waals surface area contributed by atoms with E-state index in [4.69, 9.17) is 4.55 Å². The maximum Gasteiger partial charge on any atom is 0.422 e. The molecule has 0 aliphatic heterocycles. The van der Waals surface area contributed by atoms with Gasteiger partial charge in [-0.25, -0.2) is 8.60 Å². The van der Waals surface area contributed by atoms with Crippen molar-refractivity contribution in [3.8, 4) is 11.1 Å². The highest BCUT2D eigenvalue weighted by molar-refractivity contribution is 7.80. The van der Waals surface area contributed by atoms with Crippen LogP contribution in [0.5, 0.6) is 0 Å². The Morgan fingerprint density at radius 2 is 1.71 bits per heavy atom. The normalized spacial score (nSPS) is 12.7. The van der Waals surface area contributed by atoms with E-state index in [1.54, 1.807) is 0 Å². The summed E-state index contributed by atoms with van der Waals surface area (Å²) in [6, 6.07) is 5.41. The molecular weight excluding hydrogens is 356 g/mol. The van der Waals surface area contributed by atoms with Gasteiger partial charge in [0.15, 0.2) is 0 Å². The van der Waals surface area contributed by atoms with E-state index in [0.717, 1.165) is 18.2 Å². The lowest BCUT2D eigenvalue weighted by Crippen LogP contribution is -2.09. The second-order valence-corrected chi connectivity index (χ2v) is 5.24. The molecule has 1 atom stereocenters. The number of rotatable bonds is 4. The molecule has 0 saturated heterocycles. The van der Waals surface area contributed by atoms with Gasteiger partial charge in [-0.2, -0.15) is 13.2 Å². The minimum absolute atomic E-state index is 0.00901. The summed E-state index contributed by atoms with van der Waals surface area (Å²) in [5, 5.41) is 10.9. The number of alkyl halides is 3. The van der Waals surface area contributed by atoms with Gasteiger partial charge in [0.1, 0.15) is 11.4 Å². The maximum atomic E-state index is 13.8. The standard InChI is InChI=1S/C13H8F4N2O4S/c14-10-5-7(2-4-11(10)18-24(22)23)8-1-3-9(13(15,16)17)12(6-8)19(20)21/h1-6,18H,(H,22,23). The quantitative estimate of drug-likeness (QED) is 0.372. The Bertz CT molecular complexity index is 826. The van der Waals surface area contributed by atoms with Crippen LogP contribution in [-0.2, 0) is 17.4 Å². The van der Waals surface area contributed by atoms with Gasteiger partial charge in [-0.15, -0.1) is 0 Å². The van der Waals surface area contributed by atoms with Crippen LogP contribution in [0, 0.1) is 15.9 Å². The molecule has 0 spiro atoms. The molecule has 1 unspecified atom stereocenters. The van der Waals surface area contributed by atoms with E-state index >= 15 is 0 Å². The van der Waals surface area contributed by atoms with Crippen LogP contribution in [0.25, 0.3) is 11.1 Å². The summed E-state index contributed by atoms with van der Waals surface area (Å²) in [5.41, 5.74) is -2.81. The molecule has 0 aliphatic carbocycles. The smallest absolute Gasteiger partial charge is 0.289 e. The summed E-state index contributed by atoms with van der Waals surface area (Å²) < 4.78 is 73.2. The number of nitrogens with one attached hydrogen (secondary N) is 1. The summed E-state index contributed by atoms with van der Waals surface area (Å²) in [7, 11) is 0. The average molecular weight is 364 g/mol. The van der Waals surface area contributed by atoms with Crippen LogP contribution in [0.1, 0.15) is 5.56 Å². The molecule has 0 amide bonds. The Kier molecular flexibility index (Phi) is 4.85. The van der Waals surface area contributed by atoms with Crippen molar-refractivity contribution in [1.82, 2.24) is 0 Å². The zero-order chi connectivity index (χ0) is 18.1. The molecule has 2 aromatic rings. The lowest BCUT2D eigenvalue weighted by Gasteiger charge is -2.10. The van der Waals surface area contributed by atoms with Crippen LogP contribution < -0.4 is 4.72 Å². The van der Waals surface area contributed by atoms with Crippen LogP contribution in [0.4, 0.5) is 28.9 Å². The van der Waals surface area contributed by atoms with E-state index in [-0.39, 0.29) is 16.8 Å². The van der Waals surface area contributed by atoms with Gasteiger partial charge in [0.05, 0.1) is 10.6 Å². The van der Waals surface area contributed by atoms with Crippen molar-refractivity contribution >= 4 is 22.6 Å². The number of hydrogen-bond acceptors (Lipinski definition) is 3. The Hall–Kier alpha value is -2.53. The third-order valence-corrected chi connectivity index (χ3v) is 3.39. The molecule has 2 aromatic carbocycles. The molecule has 0 aromatic heterocycles. The molecule has 0 aliphatic rings. The van der Waals surface area contributed by atoms with Crippen LogP contribution in [0.2, 0.25) is 0 Å². The van der Waals surface area contributed by atoms with Crippen molar-refractivity contribution < 1.29 is 31.2 Å². The Morgan fingerprint density at radius 3 is 2.21 bits per heavy atom. The highest BCUT2D eigenvalue weighted by Gasteiger charge is 2.38. The summed E-state index contributed by atoms with van der Waals surface area (Å²) in [5.74, 6) is -0.947. The van der Waals surface area contributed by atoms with E-state index < -0.39 is 39.4 Å². The van der Waals surface area contributed by atoms with E-state index in [2.05, 4.69) is 0 Å². The second kappa shape index (κ2) is 6.53.